The fourth-order valence-electron chi connectivity index (χ4n) is 4.89. The lowest BCUT2D eigenvalue weighted by Crippen LogP contribution is -2.77. The number of ether oxygens (including phenoxy) is 2. The molecule has 3 amide bonds. The fraction of sp³-hybridized carbons (Fsp3) is 0.519. The van der Waals surface area contributed by atoms with Gasteiger partial charge in [0.2, 0.25) is 5.37 Å². The molecule has 0 saturated carbocycles. The van der Waals surface area contributed by atoms with Gasteiger partial charge in [-0.05, 0) is 44.6 Å². The van der Waals surface area contributed by atoms with Crippen molar-refractivity contribution in [3.63, 3.8) is 0 Å². The second-order valence-corrected chi connectivity index (χ2v) is 12.9. The fourth-order valence-corrected chi connectivity index (χ4v) is 6.59. The summed E-state index contributed by atoms with van der Waals surface area (Å²) in [6.07, 6.45) is -1.77. The van der Waals surface area contributed by atoms with Gasteiger partial charge >= 0.3 is 24.1 Å². The van der Waals surface area contributed by atoms with Crippen LogP contribution in [0.1, 0.15) is 32.4 Å². The smallest absolute Gasteiger partial charge is 0.425 e. The van der Waals surface area contributed by atoms with Crippen molar-refractivity contribution in [3.8, 4) is 0 Å². The van der Waals surface area contributed by atoms with Crippen LogP contribution in [0.5, 0.6) is 0 Å². The zero-order valence-corrected chi connectivity index (χ0v) is 25.0. The summed E-state index contributed by atoms with van der Waals surface area (Å²) in [5, 5.41) is 19.3. The molecule has 15 nitrogen and oxygen atoms in total. The number of fused-ring (bicyclic) bond motifs is 1. The molecule has 3 aliphatic heterocycles. The Balaban J connectivity index is 1.60. The molecule has 2 unspecified atom stereocenters. The molecule has 0 radical (unpaired) electrons. The van der Waals surface area contributed by atoms with E-state index in [1.807, 2.05) is 11.9 Å². The van der Waals surface area contributed by atoms with Crippen LogP contribution < -0.4 is 5.43 Å². The first-order chi connectivity index (χ1) is 20.2. The van der Waals surface area contributed by atoms with Gasteiger partial charge in [0.1, 0.15) is 29.7 Å². The van der Waals surface area contributed by atoms with Gasteiger partial charge in [-0.25, -0.2) is 24.8 Å². The zero-order chi connectivity index (χ0) is 31.6. The van der Waals surface area contributed by atoms with E-state index < -0.39 is 76.6 Å². The maximum Gasteiger partial charge on any atom is 0.425 e. The third-order valence-electron chi connectivity index (χ3n) is 7.03. The van der Waals surface area contributed by atoms with Crippen molar-refractivity contribution in [2.45, 2.75) is 43.8 Å². The largest absolute Gasteiger partial charge is 0.614 e. The van der Waals surface area contributed by atoms with Crippen LogP contribution in [0.3, 0.4) is 0 Å². The van der Waals surface area contributed by atoms with Crippen molar-refractivity contribution in [1.82, 2.24) is 25.1 Å². The molecule has 0 bridgehead atoms. The molecule has 3 N–H and O–H groups in total. The Morgan fingerprint density at radius 3 is 2.30 bits per heavy atom. The minimum absolute atomic E-state index is 0.0270. The quantitative estimate of drug-likeness (QED) is 0.208. The number of piperazine rings is 1. The third-order valence-corrected chi connectivity index (χ3v) is 8.67. The van der Waals surface area contributed by atoms with E-state index in [-0.39, 0.29) is 16.9 Å². The Labute approximate surface area is 251 Å². The summed E-state index contributed by atoms with van der Waals surface area (Å²) in [5.41, 5.74) is 1.23. The van der Waals surface area contributed by atoms with Gasteiger partial charge in [0.25, 0.3) is 5.91 Å². The Bertz CT molecular complexity index is 1290. The summed E-state index contributed by atoms with van der Waals surface area (Å²) in [4.78, 5) is 68.3. The van der Waals surface area contributed by atoms with Crippen molar-refractivity contribution >= 4 is 41.2 Å². The summed E-state index contributed by atoms with van der Waals surface area (Å²) in [6, 6.07) is 4.82. The highest BCUT2D eigenvalue weighted by molar-refractivity contribution is 7.92. The van der Waals surface area contributed by atoms with E-state index in [1.165, 1.54) is 17.0 Å². The maximum absolute atomic E-state index is 13.6. The van der Waals surface area contributed by atoms with Crippen LogP contribution in [-0.2, 0) is 35.0 Å². The van der Waals surface area contributed by atoms with E-state index in [0.29, 0.717) is 31.2 Å². The Morgan fingerprint density at radius 2 is 1.74 bits per heavy atom. The van der Waals surface area contributed by atoms with Gasteiger partial charge in [0.05, 0.1) is 0 Å². The van der Waals surface area contributed by atoms with Gasteiger partial charge in [0.15, 0.2) is 6.04 Å². The maximum atomic E-state index is 13.6. The predicted molar refractivity (Wildman–Crippen MR) is 151 cm³/mol. The van der Waals surface area contributed by atoms with E-state index in [0.717, 1.165) is 4.90 Å². The van der Waals surface area contributed by atoms with Gasteiger partial charge in [-0.2, -0.15) is 0 Å². The van der Waals surface area contributed by atoms with Crippen molar-refractivity contribution in [2.24, 2.45) is 0 Å². The highest BCUT2D eigenvalue weighted by Crippen LogP contribution is 2.39. The molecular weight excluding hydrogens is 586 g/mol. The molecule has 4 atom stereocenters. The average Bonchev–Trinajstić information content (AvgIpc) is 2.93. The number of hydrazine groups is 1. The predicted octanol–water partition coefficient (Wildman–Crippen LogP) is 0.576. The van der Waals surface area contributed by atoms with Gasteiger partial charge < -0.3 is 34.0 Å². The van der Waals surface area contributed by atoms with Crippen LogP contribution in [0, 0.1) is 0 Å². The lowest BCUT2D eigenvalue weighted by Gasteiger charge is -2.51. The van der Waals surface area contributed by atoms with Crippen LogP contribution >= 0.6 is 0 Å². The molecule has 3 heterocycles. The summed E-state index contributed by atoms with van der Waals surface area (Å²) >= 11 is -1.97. The number of carboxylic acid groups (broad SMARTS) is 2. The number of hydrogen-bond donors (Lipinski definition) is 3. The second kappa shape index (κ2) is 12.8. The number of hydrogen-bond acceptors (Lipinski definition) is 10. The minimum Gasteiger partial charge on any atom is -0.614 e. The van der Waals surface area contributed by atoms with Crippen molar-refractivity contribution in [3.05, 3.63) is 47.2 Å². The highest BCUT2D eigenvalue weighted by atomic mass is 32.2. The van der Waals surface area contributed by atoms with Gasteiger partial charge in [-0.15, -0.1) is 0 Å². The van der Waals surface area contributed by atoms with E-state index in [9.17, 15) is 38.7 Å². The molecule has 16 heteroatoms. The normalized spacial score (nSPS) is 23.2. The van der Waals surface area contributed by atoms with Crippen molar-refractivity contribution in [2.75, 3.05) is 45.6 Å². The number of carboxylic acids is 2. The summed E-state index contributed by atoms with van der Waals surface area (Å²) in [6.45, 7) is 6.35. The number of nitrogens with zero attached hydrogens (tertiary/aromatic N) is 4. The zero-order valence-electron chi connectivity index (χ0n) is 24.2. The molecular formula is C27H35N5O10S. The standard InChI is InChI=1S/C27H35N5O10S/c1-27(2,3)42-26(39)32(28-18(23(34)35)16-8-6-5-7-9-16)20-21(33)31-19(24(36)37)17(15-43(40)22(20)31)14-41-25(38)30-12-10-29(4)11-13-30/h5-9,18,20,22,28H,10-15H2,1-4H3,(H,34,35)(H,36,37)/t18-,20?,22-,43?/m0/s1. The van der Waals surface area contributed by atoms with E-state index in [2.05, 4.69) is 5.43 Å². The van der Waals surface area contributed by atoms with Crippen LogP contribution in [0.2, 0.25) is 0 Å². The summed E-state index contributed by atoms with van der Waals surface area (Å²) < 4.78 is 24.3. The lowest BCUT2D eigenvalue weighted by molar-refractivity contribution is -0.158. The molecule has 3 aliphatic rings. The van der Waals surface area contributed by atoms with Gasteiger partial charge in [-0.3, -0.25) is 14.5 Å². The first-order valence-electron chi connectivity index (χ1n) is 13.5. The van der Waals surface area contributed by atoms with E-state index in [4.69, 9.17) is 9.47 Å². The molecule has 2 saturated heterocycles. The number of rotatable bonds is 8. The molecule has 0 aromatic heterocycles. The first kappa shape index (κ1) is 32.1. The number of carbonyl (C=O) groups is 5. The van der Waals surface area contributed by atoms with Crippen LogP contribution in [0.15, 0.2) is 41.6 Å². The number of β-lactam (4-membered cyclic amide) rings is 1. The first-order valence-corrected chi connectivity index (χ1v) is 14.9. The molecule has 1 aromatic rings. The third kappa shape index (κ3) is 7.04. The van der Waals surface area contributed by atoms with Crippen molar-refractivity contribution < 1.29 is 48.2 Å². The molecule has 1 aromatic carbocycles. The molecule has 2 fully saturated rings. The minimum atomic E-state index is -1.97. The Hall–Kier alpha value is -3.86. The van der Waals surface area contributed by atoms with E-state index in [1.54, 1.807) is 39.0 Å². The number of benzene rings is 1. The number of likely N-dealkylation sites (N-methyl/N-ethyl adjacent to an activating group) is 1. The average molecular weight is 622 g/mol. The number of aliphatic carboxylic acids is 2. The topological polar surface area (TPSA) is 192 Å². The molecule has 234 valence electrons. The number of amides is 3. The second-order valence-electron chi connectivity index (χ2n) is 11.3. The van der Waals surface area contributed by atoms with Crippen LogP contribution in [-0.4, -0.2) is 127 Å². The van der Waals surface area contributed by atoms with Gasteiger partial charge in [0, 0.05) is 31.8 Å². The van der Waals surface area contributed by atoms with Gasteiger partial charge in [-0.1, -0.05) is 30.3 Å². The Morgan fingerprint density at radius 1 is 1.12 bits per heavy atom. The van der Waals surface area contributed by atoms with Crippen molar-refractivity contribution in [1.29, 1.82) is 0 Å². The SMILES string of the molecule is CN1CCN(C(=O)OCC2=C(C(=O)O)N3C(=O)C(N(N[C@H](C(=O)O)c4ccccc4)C(=O)OC(C)(C)C)[C@@H]3[S+]([O-])C2)CC1. The summed E-state index contributed by atoms with van der Waals surface area (Å²) in [7, 11) is 1.92. The van der Waals surface area contributed by atoms with Crippen LogP contribution in [0.25, 0.3) is 0 Å². The molecule has 43 heavy (non-hydrogen) atoms. The highest BCUT2D eigenvalue weighted by Gasteiger charge is 2.64. The molecule has 4 rings (SSSR count). The van der Waals surface area contributed by atoms with E-state index >= 15 is 0 Å². The molecule has 0 spiro atoms. The lowest BCUT2D eigenvalue weighted by atomic mass is 10.0. The van der Waals surface area contributed by atoms with Crippen LogP contribution in [0.4, 0.5) is 9.59 Å². The number of carbonyl (C=O) groups excluding carboxylic acids is 3. The monoisotopic (exact) mass is 621 g/mol. The number of nitrogens with one attached hydrogen (secondary N) is 1. The summed E-state index contributed by atoms with van der Waals surface area (Å²) in [5.74, 6) is -4.16. The Kier molecular flexibility index (Phi) is 9.54. The molecule has 0 aliphatic carbocycles.